The molecule has 0 saturated carbocycles. The number of aryl methyl sites for hydroxylation is 1. The third-order valence-electron chi connectivity index (χ3n) is 5.25. The molecule has 1 fully saturated rings. The molecule has 3 aromatic rings. The highest BCUT2D eigenvalue weighted by Gasteiger charge is 2.51. The van der Waals surface area contributed by atoms with Crippen LogP contribution < -0.4 is 5.46 Å². The predicted molar refractivity (Wildman–Crippen MR) is 99.8 cm³/mol. The van der Waals surface area contributed by atoms with Crippen molar-refractivity contribution in [2.75, 3.05) is 0 Å². The number of fused-ring (bicyclic) bond motifs is 3. The summed E-state index contributed by atoms with van der Waals surface area (Å²) in [6, 6.07) is 13.1. The summed E-state index contributed by atoms with van der Waals surface area (Å²) >= 11 is 1.85. The van der Waals surface area contributed by atoms with Gasteiger partial charge >= 0.3 is 7.12 Å². The van der Waals surface area contributed by atoms with Crippen LogP contribution in [-0.4, -0.2) is 18.3 Å². The van der Waals surface area contributed by atoms with Gasteiger partial charge in [0.2, 0.25) is 0 Å². The molecule has 0 radical (unpaired) electrons. The summed E-state index contributed by atoms with van der Waals surface area (Å²) in [7, 11) is -0.302. The van der Waals surface area contributed by atoms with Crippen molar-refractivity contribution in [2.45, 2.75) is 45.8 Å². The minimum Gasteiger partial charge on any atom is -0.399 e. The van der Waals surface area contributed by atoms with Gasteiger partial charge < -0.3 is 9.31 Å². The summed E-state index contributed by atoms with van der Waals surface area (Å²) in [4.78, 5) is 0. The molecule has 1 saturated heterocycles. The average molecular weight is 324 g/mol. The van der Waals surface area contributed by atoms with Crippen LogP contribution in [0.25, 0.3) is 20.2 Å². The molecular weight excluding hydrogens is 303 g/mol. The van der Waals surface area contributed by atoms with Gasteiger partial charge in [0.05, 0.1) is 11.2 Å². The maximum absolute atomic E-state index is 6.20. The Morgan fingerprint density at radius 3 is 2.30 bits per heavy atom. The number of hydrogen-bond acceptors (Lipinski definition) is 3. The fraction of sp³-hybridized carbons (Fsp3) is 0.368. The Hall–Kier alpha value is -1.36. The van der Waals surface area contributed by atoms with E-state index in [0.29, 0.717) is 0 Å². The van der Waals surface area contributed by atoms with Gasteiger partial charge in [-0.25, -0.2) is 0 Å². The van der Waals surface area contributed by atoms with Crippen molar-refractivity contribution in [1.29, 1.82) is 0 Å². The molecule has 118 valence electrons. The average Bonchev–Trinajstić information content (AvgIpc) is 2.93. The lowest BCUT2D eigenvalue weighted by atomic mass is 9.78. The van der Waals surface area contributed by atoms with E-state index in [0.717, 1.165) is 5.46 Å². The molecule has 23 heavy (non-hydrogen) atoms. The fourth-order valence-corrected chi connectivity index (χ4v) is 4.31. The van der Waals surface area contributed by atoms with E-state index >= 15 is 0 Å². The normalized spacial score (nSPS) is 19.8. The molecular formula is C19H21BO2S. The van der Waals surface area contributed by atoms with Crippen LogP contribution in [0.4, 0.5) is 0 Å². The van der Waals surface area contributed by atoms with E-state index in [1.54, 1.807) is 0 Å². The van der Waals surface area contributed by atoms with Gasteiger partial charge in [-0.05, 0) is 57.8 Å². The van der Waals surface area contributed by atoms with Gasteiger partial charge in [-0.15, -0.1) is 11.3 Å². The third kappa shape index (κ3) is 2.24. The van der Waals surface area contributed by atoms with Gasteiger partial charge in [0.1, 0.15) is 0 Å². The van der Waals surface area contributed by atoms with Crippen molar-refractivity contribution in [3.63, 3.8) is 0 Å². The fourth-order valence-electron chi connectivity index (χ4n) is 3.15. The quantitative estimate of drug-likeness (QED) is 0.606. The predicted octanol–water partition coefficient (Wildman–Crippen LogP) is 4.66. The minimum absolute atomic E-state index is 0.302. The van der Waals surface area contributed by atoms with Crippen molar-refractivity contribution in [3.05, 3.63) is 42.0 Å². The van der Waals surface area contributed by atoms with Crippen molar-refractivity contribution in [1.82, 2.24) is 0 Å². The second-order valence-corrected chi connectivity index (χ2v) is 8.48. The lowest BCUT2D eigenvalue weighted by Gasteiger charge is -2.32. The van der Waals surface area contributed by atoms with E-state index in [1.165, 1.54) is 25.7 Å². The third-order valence-corrected chi connectivity index (χ3v) is 6.39. The topological polar surface area (TPSA) is 18.5 Å². The van der Waals surface area contributed by atoms with E-state index < -0.39 is 0 Å². The molecule has 4 rings (SSSR count). The van der Waals surface area contributed by atoms with E-state index in [2.05, 4.69) is 71.0 Å². The first kappa shape index (κ1) is 15.2. The van der Waals surface area contributed by atoms with Gasteiger partial charge in [0.15, 0.2) is 0 Å². The Labute approximate surface area is 141 Å². The molecule has 0 unspecified atom stereocenters. The smallest absolute Gasteiger partial charge is 0.399 e. The number of thiophene rings is 1. The largest absolute Gasteiger partial charge is 0.494 e. The van der Waals surface area contributed by atoms with Crippen LogP contribution in [0, 0.1) is 6.92 Å². The molecule has 0 bridgehead atoms. The van der Waals surface area contributed by atoms with Crippen molar-refractivity contribution < 1.29 is 9.31 Å². The highest BCUT2D eigenvalue weighted by Crippen LogP contribution is 2.38. The van der Waals surface area contributed by atoms with Gasteiger partial charge in [-0.2, -0.15) is 0 Å². The van der Waals surface area contributed by atoms with Crippen LogP contribution >= 0.6 is 11.3 Å². The van der Waals surface area contributed by atoms with Crippen LogP contribution in [0.2, 0.25) is 0 Å². The molecule has 2 aromatic carbocycles. The molecule has 0 aliphatic carbocycles. The Morgan fingerprint density at radius 1 is 0.913 bits per heavy atom. The van der Waals surface area contributed by atoms with Crippen LogP contribution in [-0.2, 0) is 9.31 Å². The van der Waals surface area contributed by atoms with E-state index in [1.807, 2.05) is 11.3 Å². The number of benzene rings is 2. The van der Waals surface area contributed by atoms with Gasteiger partial charge in [-0.1, -0.05) is 24.3 Å². The zero-order chi connectivity index (χ0) is 16.4. The van der Waals surface area contributed by atoms with Crippen molar-refractivity contribution >= 4 is 44.1 Å². The summed E-state index contributed by atoms with van der Waals surface area (Å²) < 4.78 is 15.1. The maximum atomic E-state index is 6.20. The van der Waals surface area contributed by atoms with Crippen molar-refractivity contribution in [2.24, 2.45) is 0 Å². The summed E-state index contributed by atoms with van der Waals surface area (Å²) in [6.45, 7) is 10.5. The zero-order valence-corrected chi connectivity index (χ0v) is 15.1. The highest BCUT2D eigenvalue weighted by molar-refractivity contribution is 7.25. The van der Waals surface area contributed by atoms with Crippen LogP contribution in [0.1, 0.15) is 33.3 Å². The second-order valence-electron chi connectivity index (χ2n) is 7.39. The van der Waals surface area contributed by atoms with E-state index in [9.17, 15) is 0 Å². The van der Waals surface area contributed by atoms with Crippen molar-refractivity contribution in [3.8, 4) is 0 Å². The zero-order valence-electron chi connectivity index (χ0n) is 14.3. The summed E-state index contributed by atoms with van der Waals surface area (Å²) in [6.07, 6.45) is 0. The van der Waals surface area contributed by atoms with E-state index in [4.69, 9.17) is 9.31 Å². The van der Waals surface area contributed by atoms with Crippen LogP contribution in [0.3, 0.4) is 0 Å². The lowest BCUT2D eigenvalue weighted by molar-refractivity contribution is 0.00578. The molecule has 1 aromatic heterocycles. The first-order valence-electron chi connectivity index (χ1n) is 8.06. The Morgan fingerprint density at radius 2 is 1.61 bits per heavy atom. The van der Waals surface area contributed by atoms with Crippen LogP contribution in [0.5, 0.6) is 0 Å². The van der Waals surface area contributed by atoms with Gasteiger partial charge in [-0.3, -0.25) is 0 Å². The summed E-state index contributed by atoms with van der Waals surface area (Å²) in [5.74, 6) is 0. The maximum Gasteiger partial charge on any atom is 0.494 e. The van der Waals surface area contributed by atoms with E-state index in [-0.39, 0.29) is 18.3 Å². The minimum atomic E-state index is -0.306. The molecule has 2 nitrogen and oxygen atoms in total. The molecule has 2 heterocycles. The molecule has 0 atom stereocenters. The van der Waals surface area contributed by atoms with Gasteiger partial charge in [0, 0.05) is 20.2 Å². The number of hydrogen-bond donors (Lipinski definition) is 0. The number of rotatable bonds is 1. The molecule has 4 heteroatoms. The van der Waals surface area contributed by atoms with Gasteiger partial charge in [0.25, 0.3) is 0 Å². The Kier molecular flexibility index (Phi) is 3.18. The highest BCUT2D eigenvalue weighted by atomic mass is 32.1. The first-order valence-corrected chi connectivity index (χ1v) is 8.88. The molecule has 0 spiro atoms. The Balaban J connectivity index is 1.85. The monoisotopic (exact) mass is 324 g/mol. The lowest BCUT2D eigenvalue weighted by Crippen LogP contribution is -2.41. The molecule has 0 N–H and O–H groups in total. The van der Waals surface area contributed by atoms with Crippen LogP contribution in [0.15, 0.2) is 36.4 Å². The second kappa shape index (κ2) is 4.82. The first-order chi connectivity index (χ1) is 10.8. The Bertz CT molecular complexity index is 894. The molecule has 1 aliphatic rings. The molecule has 0 amide bonds. The standard InChI is InChI=1S/C19H21BO2S/c1-12-7-6-8-16-17(12)14-11-13(9-10-15(14)23-16)20-21-18(2,3)19(4,5)22-20/h6-11H,1-5H3. The summed E-state index contributed by atoms with van der Waals surface area (Å²) in [5.41, 5.74) is 1.80. The molecule has 1 aliphatic heterocycles. The SMILES string of the molecule is Cc1cccc2sc3ccc(B4OC(C)(C)C(C)(C)O4)cc3c12. The summed E-state index contributed by atoms with van der Waals surface area (Å²) in [5, 5.41) is 2.65.